The number of carbonyl (C=O) groups is 1. The van der Waals surface area contributed by atoms with Crippen molar-refractivity contribution in [2.45, 2.75) is 11.8 Å². The monoisotopic (exact) mass is 486 g/mol. The van der Waals surface area contributed by atoms with E-state index >= 15 is 0 Å². The van der Waals surface area contributed by atoms with Gasteiger partial charge in [-0.3, -0.25) is 9.52 Å². The fourth-order valence-corrected chi connectivity index (χ4v) is 4.29. The maximum Gasteiger partial charge on any atom is 0.265 e. The van der Waals surface area contributed by atoms with E-state index in [9.17, 15) is 13.2 Å². The molecule has 0 saturated carbocycles. The molecule has 0 heterocycles. The Morgan fingerprint density at radius 3 is 2.12 bits per heavy atom. The second-order valence-corrected chi connectivity index (χ2v) is 8.57. The van der Waals surface area contributed by atoms with Crippen molar-refractivity contribution in [1.29, 1.82) is 0 Å². The summed E-state index contributed by atoms with van der Waals surface area (Å²) in [5.74, 6) is 1.19. The Bertz CT molecular complexity index is 1230. The van der Waals surface area contributed by atoms with E-state index in [1.165, 1.54) is 32.4 Å². The van der Waals surface area contributed by atoms with E-state index < -0.39 is 15.9 Å². The Morgan fingerprint density at radius 2 is 1.47 bits per heavy atom. The predicted octanol–water partition coefficient (Wildman–Crippen LogP) is 3.92. The minimum absolute atomic E-state index is 0.127. The molecule has 0 radical (unpaired) electrons. The molecule has 0 bridgehead atoms. The van der Waals surface area contributed by atoms with Crippen molar-refractivity contribution in [3.63, 3.8) is 0 Å². The highest BCUT2D eigenvalue weighted by Crippen LogP contribution is 2.30. The molecule has 2 N–H and O–H groups in total. The molecule has 0 aliphatic heterocycles. The van der Waals surface area contributed by atoms with Gasteiger partial charge in [0, 0.05) is 11.4 Å². The minimum Gasteiger partial charge on any atom is -0.495 e. The van der Waals surface area contributed by atoms with Gasteiger partial charge in [0.2, 0.25) is 0 Å². The van der Waals surface area contributed by atoms with E-state index in [1.807, 2.05) is 6.92 Å². The molecule has 0 spiro atoms. The zero-order chi connectivity index (χ0) is 24.6. The number of anilines is 2. The number of benzene rings is 3. The van der Waals surface area contributed by atoms with Crippen molar-refractivity contribution in [3.05, 3.63) is 66.7 Å². The van der Waals surface area contributed by atoms with Crippen molar-refractivity contribution < 1.29 is 32.2 Å². The van der Waals surface area contributed by atoms with Gasteiger partial charge in [-0.15, -0.1) is 0 Å². The number of amides is 1. The first kappa shape index (κ1) is 24.7. The molecule has 0 fully saturated rings. The maximum atomic E-state index is 13.0. The average molecular weight is 487 g/mol. The molecule has 0 aliphatic rings. The van der Waals surface area contributed by atoms with Gasteiger partial charge in [-0.05, 0) is 61.5 Å². The van der Waals surface area contributed by atoms with E-state index in [0.717, 1.165) is 0 Å². The van der Waals surface area contributed by atoms with Crippen molar-refractivity contribution in [3.8, 4) is 23.0 Å². The third-order valence-corrected chi connectivity index (χ3v) is 5.98. The molecule has 10 heteroatoms. The molecule has 34 heavy (non-hydrogen) atoms. The Morgan fingerprint density at radius 1 is 0.824 bits per heavy atom. The molecule has 9 nitrogen and oxygen atoms in total. The summed E-state index contributed by atoms with van der Waals surface area (Å²) in [6, 6.07) is 17.8. The molecular weight excluding hydrogens is 460 g/mol. The molecule has 0 aliphatic carbocycles. The standard InChI is InChI=1S/C24H26N2O7S/c1-4-32-19-12-9-17(10-13-19)26-34(28,29)23-15-18(11-14-22(23)31-3)25-24(27)16-33-21-8-6-5-7-20(21)30-2/h5-15,26H,4,16H2,1-3H3,(H,25,27). The summed E-state index contributed by atoms with van der Waals surface area (Å²) in [7, 11) is -1.15. The first-order valence-corrected chi connectivity index (χ1v) is 11.8. The van der Waals surface area contributed by atoms with Crippen LogP contribution in [0.3, 0.4) is 0 Å². The first-order chi connectivity index (χ1) is 16.4. The van der Waals surface area contributed by atoms with E-state index in [-0.39, 0.29) is 22.9 Å². The van der Waals surface area contributed by atoms with Crippen molar-refractivity contribution >= 4 is 27.3 Å². The number of carbonyl (C=O) groups excluding carboxylic acids is 1. The summed E-state index contributed by atoms with van der Waals surface area (Å²) in [5.41, 5.74) is 0.617. The lowest BCUT2D eigenvalue weighted by atomic mass is 10.3. The summed E-state index contributed by atoms with van der Waals surface area (Å²) >= 11 is 0. The molecule has 1 amide bonds. The lowest BCUT2D eigenvalue weighted by molar-refractivity contribution is -0.118. The van der Waals surface area contributed by atoms with Crippen LogP contribution in [0.2, 0.25) is 0 Å². The third-order valence-electron chi connectivity index (χ3n) is 4.58. The van der Waals surface area contributed by atoms with E-state index in [0.29, 0.717) is 29.5 Å². The van der Waals surface area contributed by atoms with Gasteiger partial charge < -0.3 is 24.3 Å². The van der Waals surface area contributed by atoms with Crippen molar-refractivity contribution in [1.82, 2.24) is 0 Å². The molecule has 3 aromatic rings. The van der Waals surface area contributed by atoms with Crippen LogP contribution in [0.5, 0.6) is 23.0 Å². The van der Waals surface area contributed by atoms with E-state index in [2.05, 4.69) is 10.0 Å². The van der Waals surface area contributed by atoms with Gasteiger partial charge in [0.1, 0.15) is 16.4 Å². The highest BCUT2D eigenvalue weighted by molar-refractivity contribution is 7.92. The Balaban J connectivity index is 1.73. The first-order valence-electron chi connectivity index (χ1n) is 10.4. The minimum atomic E-state index is -4.02. The summed E-state index contributed by atoms with van der Waals surface area (Å²) < 4.78 is 49.9. The van der Waals surface area contributed by atoms with Gasteiger partial charge in [-0.1, -0.05) is 12.1 Å². The third kappa shape index (κ3) is 6.32. The van der Waals surface area contributed by atoms with Crippen LogP contribution in [0.15, 0.2) is 71.6 Å². The van der Waals surface area contributed by atoms with Crippen molar-refractivity contribution in [2.75, 3.05) is 37.5 Å². The number of rotatable bonds is 11. The number of methoxy groups -OCH3 is 2. The maximum absolute atomic E-state index is 13.0. The number of hydrogen-bond acceptors (Lipinski definition) is 7. The SMILES string of the molecule is CCOc1ccc(NS(=O)(=O)c2cc(NC(=O)COc3ccccc3OC)ccc2OC)cc1. The molecule has 180 valence electrons. The highest BCUT2D eigenvalue weighted by Gasteiger charge is 2.21. The Hall–Kier alpha value is -3.92. The van der Waals surface area contributed by atoms with Crippen LogP contribution in [0.4, 0.5) is 11.4 Å². The van der Waals surface area contributed by atoms with Crippen LogP contribution in [-0.2, 0) is 14.8 Å². The molecule has 3 aromatic carbocycles. The van der Waals surface area contributed by atoms with Gasteiger partial charge >= 0.3 is 0 Å². The van der Waals surface area contributed by atoms with Gasteiger partial charge in [0.25, 0.3) is 15.9 Å². The molecule has 3 rings (SSSR count). The summed E-state index contributed by atoms with van der Waals surface area (Å²) in [4.78, 5) is 12.3. The summed E-state index contributed by atoms with van der Waals surface area (Å²) in [5, 5.41) is 2.63. The zero-order valence-electron chi connectivity index (χ0n) is 19.0. The lowest BCUT2D eigenvalue weighted by Crippen LogP contribution is -2.21. The van der Waals surface area contributed by atoms with Gasteiger partial charge in [-0.2, -0.15) is 0 Å². The molecule has 0 saturated heterocycles. The highest BCUT2D eigenvalue weighted by atomic mass is 32.2. The van der Waals surface area contributed by atoms with Gasteiger partial charge in [0.15, 0.2) is 18.1 Å². The summed E-state index contributed by atoms with van der Waals surface area (Å²) in [6.45, 7) is 2.07. The van der Waals surface area contributed by atoms with Crippen LogP contribution in [-0.4, -0.2) is 41.8 Å². The lowest BCUT2D eigenvalue weighted by Gasteiger charge is -2.14. The van der Waals surface area contributed by atoms with Crippen LogP contribution in [0, 0.1) is 0 Å². The number of sulfonamides is 1. The number of para-hydroxylation sites is 2. The van der Waals surface area contributed by atoms with Crippen LogP contribution < -0.4 is 29.0 Å². The zero-order valence-corrected chi connectivity index (χ0v) is 19.8. The normalized spacial score (nSPS) is 10.8. The number of ether oxygens (including phenoxy) is 4. The smallest absolute Gasteiger partial charge is 0.265 e. The van der Waals surface area contributed by atoms with Crippen LogP contribution in [0.1, 0.15) is 6.92 Å². The Labute approximate surface area is 198 Å². The Kier molecular flexibility index (Phi) is 8.20. The molecule has 0 atom stereocenters. The van der Waals surface area contributed by atoms with E-state index in [4.69, 9.17) is 18.9 Å². The fourth-order valence-electron chi connectivity index (χ4n) is 3.04. The predicted molar refractivity (Wildman–Crippen MR) is 129 cm³/mol. The van der Waals surface area contributed by atoms with Crippen LogP contribution in [0.25, 0.3) is 0 Å². The van der Waals surface area contributed by atoms with Gasteiger partial charge in [0.05, 0.1) is 20.8 Å². The summed E-state index contributed by atoms with van der Waals surface area (Å²) in [6.07, 6.45) is 0. The largest absolute Gasteiger partial charge is 0.495 e. The second kappa shape index (κ2) is 11.3. The fraction of sp³-hybridized carbons (Fsp3) is 0.208. The van der Waals surface area contributed by atoms with Crippen LogP contribution >= 0.6 is 0 Å². The van der Waals surface area contributed by atoms with Crippen molar-refractivity contribution in [2.24, 2.45) is 0 Å². The molecule has 0 unspecified atom stereocenters. The molecule has 0 aromatic heterocycles. The second-order valence-electron chi connectivity index (χ2n) is 6.92. The number of hydrogen-bond donors (Lipinski definition) is 2. The molecular formula is C24H26N2O7S. The van der Waals surface area contributed by atoms with E-state index in [1.54, 1.807) is 48.5 Å². The quantitative estimate of drug-likeness (QED) is 0.422. The van der Waals surface area contributed by atoms with Gasteiger partial charge in [-0.25, -0.2) is 8.42 Å². The number of nitrogens with one attached hydrogen (secondary N) is 2. The average Bonchev–Trinajstić information content (AvgIpc) is 2.84. The topological polar surface area (TPSA) is 112 Å².